The van der Waals surface area contributed by atoms with E-state index in [1.165, 1.54) is 0 Å². The topological polar surface area (TPSA) is 98.8 Å². The standard InChI is InChI=1S/C19H16N6O2/c1-13-8-10-20-18(17(13)25(26)27)22-11-14-5-4-9-21-19(14)24-12-23-15-6-2-3-7-16(15)24/h2-10,12H,11H2,1H3,(H,20,22). The number of anilines is 1. The van der Waals surface area contributed by atoms with Gasteiger partial charge in [0.2, 0.25) is 5.82 Å². The van der Waals surface area contributed by atoms with Crippen molar-refractivity contribution in [3.63, 3.8) is 0 Å². The summed E-state index contributed by atoms with van der Waals surface area (Å²) in [6.45, 7) is 2.03. The molecule has 4 aromatic rings. The van der Waals surface area contributed by atoms with Crippen LogP contribution in [0.15, 0.2) is 61.2 Å². The van der Waals surface area contributed by atoms with E-state index in [1.807, 2.05) is 41.0 Å². The number of aromatic nitrogens is 4. The van der Waals surface area contributed by atoms with Crippen LogP contribution in [0.1, 0.15) is 11.1 Å². The maximum absolute atomic E-state index is 11.4. The number of fused-ring (bicyclic) bond motifs is 1. The summed E-state index contributed by atoms with van der Waals surface area (Å²) < 4.78 is 1.91. The first-order valence-electron chi connectivity index (χ1n) is 8.35. The molecule has 0 amide bonds. The Kier molecular flexibility index (Phi) is 4.21. The van der Waals surface area contributed by atoms with Gasteiger partial charge in [0.1, 0.15) is 12.1 Å². The highest BCUT2D eigenvalue weighted by molar-refractivity contribution is 5.77. The van der Waals surface area contributed by atoms with E-state index in [4.69, 9.17) is 0 Å². The molecular formula is C19H16N6O2. The third-order valence-corrected chi connectivity index (χ3v) is 4.30. The number of pyridine rings is 2. The number of hydrogen-bond donors (Lipinski definition) is 1. The molecule has 8 heteroatoms. The van der Waals surface area contributed by atoms with Crippen molar-refractivity contribution in [2.24, 2.45) is 0 Å². The lowest BCUT2D eigenvalue weighted by Gasteiger charge is -2.12. The second-order valence-electron chi connectivity index (χ2n) is 6.03. The van der Waals surface area contributed by atoms with E-state index in [9.17, 15) is 10.1 Å². The molecule has 0 bridgehead atoms. The van der Waals surface area contributed by atoms with E-state index in [1.54, 1.807) is 31.7 Å². The van der Waals surface area contributed by atoms with Crippen molar-refractivity contribution < 1.29 is 4.92 Å². The Labute approximate surface area is 154 Å². The first-order valence-corrected chi connectivity index (χ1v) is 8.35. The number of nitro groups is 1. The van der Waals surface area contributed by atoms with E-state index < -0.39 is 4.92 Å². The third-order valence-electron chi connectivity index (χ3n) is 4.30. The van der Waals surface area contributed by atoms with Gasteiger partial charge >= 0.3 is 5.69 Å². The zero-order valence-electron chi connectivity index (χ0n) is 14.5. The van der Waals surface area contributed by atoms with Crippen LogP contribution in [0.5, 0.6) is 0 Å². The summed E-state index contributed by atoms with van der Waals surface area (Å²) in [5.74, 6) is 0.958. The molecule has 0 aliphatic heterocycles. The normalized spacial score (nSPS) is 10.9. The molecule has 0 aliphatic rings. The summed E-state index contributed by atoms with van der Waals surface area (Å²) in [6, 6.07) is 13.2. The van der Waals surface area contributed by atoms with E-state index in [-0.39, 0.29) is 11.5 Å². The summed E-state index contributed by atoms with van der Waals surface area (Å²) in [4.78, 5) is 24.0. The Morgan fingerprint density at radius 2 is 1.93 bits per heavy atom. The number of nitrogens with zero attached hydrogens (tertiary/aromatic N) is 5. The van der Waals surface area contributed by atoms with Gasteiger partial charge in [0.15, 0.2) is 0 Å². The molecule has 0 radical (unpaired) electrons. The molecule has 0 unspecified atom stereocenters. The molecule has 0 spiro atoms. The van der Waals surface area contributed by atoms with Crippen LogP contribution in [-0.2, 0) is 6.54 Å². The van der Waals surface area contributed by atoms with Crippen LogP contribution in [0, 0.1) is 17.0 Å². The third kappa shape index (κ3) is 3.08. The molecule has 8 nitrogen and oxygen atoms in total. The monoisotopic (exact) mass is 360 g/mol. The lowest BCUT2D eigenvalue weighted by Crippen LogP contribution is -2.09. The Bertz CT molecular complexity index is 1140. The number of rotatable bonds is 5. The number of benzene rings is 1. The number of aryl methyl sites for hydroxylation is 1. The van der Waals surface area contributed by atoms with Crippen molar-refractivity contribution in [1.29, 1.82) is 0 Å². The molecule has 0 saturated heterocycles. The Morgan fingerprint density at radius 1 is 1.07 bits per heavy atom. The van der Waals surface area contributed by atoms with Crippen LogP contribution in [-0.4, -0.2) is 24.4 Å². The van der Waals surface area contributed by atoms with Gasteiger partial charge in [-0.05, 0) is 31.2 Å². The van der Waals surface area contributed by atoms with E-state index in [0.717, 1.165) is 16.6 Å². The van der Waals surface area contributed by atoms with Gasteiger partial charge in [0, 0.05) is 30.1 Å². The van der Waals surface area contributed by atoms with Crippen LogP contribution in [0.4, 0.5) is 11.5 Å². The lowest BCUT2D eigenvalue weighted by molar-refractivity contribution is -0.384. The minimum absolute atomic E-state index is 0.0176. The van der Waals surface area contributed by atoms with Crippen molar-refractivity contribution in [3.8, 4) is 5.82 Å². The summed E-state index contributed by atoms with van der Waals surface area (Å²) in [7, 11) is 0. The number of para-hydroxylation sites is 2. The average Bonchev–Trinajstić information content (AvgIpc) is 3.10. The van der Waals surface area contributed by atoms with Crippen molar-refractivity contribution in [2.75, 3.05) is 5.32 Å². The molecule has 1 N–H and O–H groups in total. The summed E-state index contributed by atoms with van der Waals surface area (Å²) in [5, 5.41) is 14.4. The quantitative estimate of drug-likeness (QED) is 0.431. The molecule has 0 fully saturated rings. The number of nitrogens with one attached hydrogen (secondary N) is 1. The molecule has 3 heterocycles. The minimum Gasteiger partial charge on any atom is -0.360 e. The van der Waals surface area contributed by atoms with Gasteiger partial charge in [0.05, 0.1) is 16.0 Å². The van der Waals surface area contributed by atoms with Gasteiger partial charge in [0.25, 0.3) is 0 Å². The molecule has 27 heavy (non-hydrogen) atoms. The molecule has 134 valence electrons. The predicted molar refractivity (Wildman–Crippen MR) is 102 cm³/mol. The summed E-state index contributed by atoms with van der Waals surface area (Å²) >= 11 is 0. The van der Waals surface area contributed by atoms with Crippen LogP contribution in [0.3, 0.4) is 0 Å². The second-order valence-corrected chi connectivity index (χ2v) is 6.03. The maximum Gasteiger partial charge on any atom is 0.314 e. The average molecular weight is 360 g/mol. The van der Waals surface area contributed by atoms with Gasteiger partial charge in [-0.2, -0.15) is 0 Å². The van der Waals surface area contributed by atoms with Crippen LogP contribution < -0.4 is 5.32 Å². The van der Waals surface area contributed by atoms with Crippen molar-refractivity contribution in [1.82, 2.24) is 19.5 Å². The fourth-order valence-electron chi connectivity index (χ4n) is 3.00. The van der Waals surface area contributed by atoms with E-state index in [2.05, 4.69) is 20.3 Å². The largest absolute Gasteiger partial charge is 0.360 e. The maximum atomic E-state index is 11.4. The van der Waals surface area contributed by atoms with E-state index >= 15 is 0 Å². The van der Waals surface area contributed by atoms with Gasteiger partial charge in [-0.25, -0.2) is 15.0 Å². The molecule has 0 aliphatic carbocycles. The highest BCUT2D eigenvalue weighted by Crippen LogP contribution is 2.26. The second kappa shape index (κ2) is 6.83. The molecular weight excluding hydrogens is 344 g/mol. The molecule has 3 aromatic heterocycles. The molecule has 1 aromatic carbocycles. The fourth-order valence-corrected chi connectivity index (χ4v) is 3.00. The molecule has 0 atom stereocenters. The zero-order valence-corrected chi connectivity index (χ0v) is 14.5. The van der Waals surface area contributed by atoms with Crippen LogP contribution >= 0.6 is 0 Å². The summed E-state index contributed by atoms with van der Waals surface area (Å²) in [6.07, 6.45) is 4.99. The lowest BCUT2D eigenvalue weighted by atomic mass is 10.2. The number of imidazole rings is 1. The minimum atomic E-state index is -0.418. The molecule has 0 saturated carbocycles. The first kappa shape index (κ1) is 16.6. The smallest absolute Gasteiger partial charge is 0.314 e. The van der Waals surface area contributed by atoms with Crippen molar-refractivity contribution in [3.05, 3.63) is 82.4 Å². The van der Waals surface area contributed by atoms with Crippen LogP contribution in [0.2, 0.25) is 0 Å². The molecule has 4 rings (SSSR count). The Morgan fingerprint density at radius 3 is 2.78 bits per heavy atom. The van der Waals surface area contributed by atoms with Crippen molar-refractivity contribution in [2.45, 2.75) is 13.5 Å². The fraction of sp³-hybridized carbons (Fsp3) is 0.105. The SMILES string of the molecule is Cc1ccnc(NCc2cccnc2-n2cnc3ccccc32)c1[N+](=O)[O-]. The number of hydrogen-bond acceptors (Lipinski definition) is 6. The van der Waals surface area contributed by atoms with Gasteiger partial charge in [-0.15, -0.1) is 0 Å². The highest BCUT2D eigenvalue weighted by Gasteiger charge is 2.19. The predicted octanol–water partition coefficient (Wildman–Crippen LogP) is 3.64. The Balaban J connectivity index is 1.70. The summed E-state index contributed by atoms with van der Waals surface area (Å²) in [5.41, 5.74) is 3.23. The first-order chi connectivity index (χ1) is 13.1. The van der Waals surface area contributed by atoms with Crippen molar-refractivity contribution >= 4 is 22.5 Å². The zero-order chi connectivity index (χ0) is 18.8. The van der Waals surface area contributed by atoms with Gasteiger partial charge in [-0.3, -0.25) is 14.7 Å². The Hall–Kier alpha value is -3.81. The highest BCUT2D eigenvalue weighted by atomic mass is 16.6. The van der Waals surface area contributed by atoms with Crippen LogP contribution in [0.25, 0.3) is 16.9 Å². The van der Waals surface area contributed by atoms with Gasteiger partial charge in [-0.1, -0.05) is 18.2 Å². The van der Waals surface area contributed by atoms with E-state index in [0.29, 0.717) is 17.9 Å². The van der Waals surface area contributed by atoms with Gasteiger partial charge < -0.3 is 5.32 Å².